The van der Waals surface area contributed by atoms with Crippen molar-refractivity contribution in [3.63, 3.8) is 0 Å². The fourth-order valence-corrected chi connectivity index (χ4v) is 3.38. The van der Waals surface area contributed by atoms with Crippen molar-refractivity contribution in [1.82, 2.24) is 4.90 Å². The first-order valence-corrected chi connectivity index (χ1v) is 8.58. The highest BCUT2D eigenvalue weighted by molar-refractivity contribution is 5.79. The third kappa shape index (κ3) is 4.73. The predicted octanol–water partition coefficient (Wildman–Crippen LogP) is 2.90. The molecule has 25 heavy (non-hydrogen) atoms. The average molecular weight is 357 g/mol. The van der Waals surface area contributed by atoms with E-state index in [1.165, 1.54) is 6.07 Å². The van der Waals surface area contributed by atoms with Crippen LogP contribution in [0.2, 0.25) is 0 Å². The van der Waals surface area contributed by atoms with E-state index < -0.39 is 11.7 Å². The zero-order chi connectivity index (χ0) is 17.9. The zero-order valence-corrected chi connectivity index (χ0v) is 13.9. The summed E-state index contributed by atoms with van der Waals surface area (Å²) in [4.78, 5) is 14.4. The highest BCUT2D eigenvalue weighted by Gasteiger charge is 2.32. The number of amides is 1. The summed E-state index contributed by atoms with van der Waals surface area (Å²) in [6, 6.07) is 5.29. The molecule has 138 valence electrons. The van der Waals surface area contributed by atoms with E-state index in [1.807, 2.05) is 0 Å². The van der Waals surface area contributed by atoms with Gasteiger partial charge < -0.3 is 14.4 Å². The van der Waals surface area contributed by atoms with Crippen LogP contribution >= 0.6 is 0 Å². The van der Waals surface area contributed by atoms with Crippen LogP contribution in [0.3, 0.4) is 0 Å². The lowest BCUT2D eigenvalue weighted by Crippen LogP contribution is -2.49. The van der Waals surface area contributed by atoms with Crippen LogP contribution in [0.1, 0.15) is 24.0 Å². The Morgan fingerprint density at radius 2 is 1.96 bits per heavy atom. The minimum Gasteiger partial charge on any atom is -0.381 e. The second-order valence-electron chi connectivity index (χ2n) is 6.57. The number of ether oxygens (including phenoxy) is 2. The van der Waals surface area contributed by atoms with Crippen LogP contribution in [0.4, 0.5) is 13.2 Å². The van der Waals surface area contributed by atoms with Crippen LogP contribution in [0.25, 0.3) is 0 Å². The van der Waals surface area contributed by atoms with Gasteiger partial charge in [0.25, 0.3) is 0 Å². The molecule has 2 heterocycles. The summed E-state index contributed by atoms with van der Waals surface area (Å²) in [5, 5.41) is 0. The maximum atomic E-state index is 12.8. The highest BCUT2D eigenvalue weighted by Crippen LogP contribution is 2.30. The zero-order valence-electron chi connectivity index (χ0n) is 13.9. The first-order chi connectivity index (χ1) is 11.9. The molecule has 1 amide bonds. The van der Waals surface area contributed by atoms with Gasteiger partial charge in [0.15, 0.2) is 0 Å². The number of carbonyl (C=O) groups excluding carboxylic acids is 1. The van der Waals surface area contributed by atoms with E-state index in [4.69, 9.17) is 9.47 Å². The van der Waals surface area contributed by atoms with E-state index >= 15 is 0 Å². The molecule has 1 aromatic rings. The van der Waals surface area contributed by atoms with Gasteiger partial charge in [-0.25, -0.2) is 0 Å². The summed E-state index contributed by atoms with van der Waals surface area (Å²) < 4.78 is 49.4. The largest absolute Gasteiger partial charge is 0.416 e. The standard InChI is InChI=1S/C18H22F3NO3/c19-18(20,21)15-3-1-2-13(10-15)11-16-12-22(6-9-25-16)17(23)14-4-7-24-8-5-14/h1-3,10,14,16H,4-9,11-12H2. The molecular weight excluding hydrogens is 335 g/mol. The van der Waals surface area contributed by atoms with E-state index in [9.17, 15) is 18.0 Å². The molecule has 0 N–H and O–H groups in total. The van der Waals surface area contributed by atoms with Gasteiger partial charge in [-0.1, -0.05) is 18.2 Å². The normalized spacial score (nSPS) is 22.8. The maximum Gasteiger partial charge on any atom is 0.416 e. The Bertz CT molecular complexity index is 599. The Morgan fingerprint density at radius 1 is 1.20 bits per heavy atom. The Labute approximate surface area is 144 Å². The molecule has 2 aliphatic heterocycles. The van der Waals surface area contributed by atoms with Crippen LogP contribution in [0.5, 0.6) is 0 Å². The van der Waals surface area contributed by atoms with Crippen molar-refractivity contribution in [2.75, 3.05) is 32.9 Å². The fourth-order valence-electron chi connectivity index (χ4n) is 3.38. The molecule has 2 saturated heterocycles. The smallest absolute Gasteiger partial charge is 0.381 e. The molecule has 1 atom stereocenters. The Balaban J connectivity index is 1.61. The number of rotatable bonds is 3. The molecular formula is C18H22F3NO3. The summed E-state index contributed by atoms with van der Waals surface area (Å²) in [7, 11) is 0. The Morgan fingerprint density at radius 3 is 2.68 bits per heavy atom. The summed E-state index contributed by atoms with van der Waals surface area (Å²) in [6.07, 6.45) is -2.81. The van der Waals surface area contributed by atoms with Gasteiger partial charge in [-0.05, 0) is 24.5 Å². The summed E-state index contributed by atoms with van der Waals surface area (Å²) in [5.41, 5.74) is -0.0869. The van der Waals surface area contributed by atoms with Crippen LogP contribution < -0.4 is 0 Å². The minimum atomic E-state index is -4.35. The van der Waals surface area contributed by atoms with Gasteiger partial charge >= 0.3 is 6.18 Å². The van der Waals surface area contributed by atoms with Gasteiger partial charge in [-0.2, -0.15) is 13.2 Å². The molecule has 4 nitrogen and oxygen atoms in total. The van der Waals surface area contributed by atoms with Crippen LogP contribution in [0.15, 0.2) is 24.3 Å². The molecule has 0 aromatic heterocycles. The fraction of sp³-hybridized carbons (Fsp3) is 0.611. The molecule has 0 radical (unpaired) electrons. The van der Waals surface area contributed by atoms with Crippen molar-refractivity contribution in [1.29, 1.82) is 0 Å². The molecule has 0 saturated carbocycles. The van der Waals surface area contributed by atoms with Crippen LogP contribution in [0, 0.1) is 5.92 Å². The first kappa shape index (κ1) is 18.2. The van der Waals surface area contributed by atoms with Crippen molar-refractivity contribution >= 4 is 5.91 Å². The lowest BCUT2D eigenvalue weighted by Gasteiger charge is -2.36. The molecule has 1 unspecified atom stereocenters. The molecule has 0 aliphatic carbocycles. The van der Waals surface area contributed by atoms with Crippen LogP contribution in [-0.4, -0.2) is 49.8 Å². The molecule has 2 aliphatic rings. The van der Waals surface area contributed by atoms with Crippen molar-refractivity contribution in [2.24, 2.45) is 5.92 Å². The molecule has 0 bridgehead atoms. The van der Waals surface area contributed by atoms with Crippen molar-refractivity contribution in [2.45, 2.75) is 31.5 Å². The number of hydrogen-bond donors (Lipinski definition) is 0. The Kier molecular flexibility index (Phi) is 5.64. The minimum absolute atomic E-state index is 0.0129. The molecule has 0 spiro atoms. The predicted molar refractivity (Wildman–Crippen MR) is 85.0 cm³/mol. The van der Waals surface area contributed by atoms with Gasteiger partial charge in [-0.3, -0.25) is 4.79 Å². The quantitative estimate of drug-likeness (QED) is 0.835. The maximum absolute atomic E-state index is 12.8. The van der Waals surface area contributed by atoms with Crippen LogP contribution in [-0.2, 0) is 26.9 Å². The van der Waals surface area contributed by atoms with E-state index in [0.717, 1.165) is 25.0 Å². The van der Waals surface area contributed by atoms with Crippen molar-refractivity contribution in [3.8, 4) is 0 Å². The van der Waals surface area contributed by atoms with Gasteiger partial charge in [-0.15, -0.1) is 0 Å². The second kappa shape index (κ2) is 7.74. The monoisotopic (exact) mass is 357 g/mol. The summed E-state index contributed by atoms with van der Waals surface area (Å²) in [6.45, 7) is 2.59. The number of benzene rings is 1. The number of alkyl halides is 3. The first-order valence-electron chi connectivity index (χ1n) is 8.58. The molecule has 7 heteroatoms. The van der Waals surface area contributed by atoms with Crippen molar-refractivity contribution < 1.29 is 27.4 Å². The van der Waals surface area contributed by atoms with Gasteiger partial charge in [0, 0.05) is 38.6 Å². The third-order valence-corrected chi connectivity index (χ3v) is 4.74. The van der Waals surface area contributed by atoms with E-state index in [-0.39, 0.29) is 17.9 Å². The number of morpholine rings is 1. The molecule has 2 fully saturated rings. The lowest BCUT2D eigenvalue weighted by atomic mass is 9.97. The SMILES string of the molecule is O=C(C1CCOCC1)N1CCOC(Cc2cccc(C(F)(F)F)c2)C1. The lowest BCUT2D eigenvalue weighted by molar-refractivity contribution is -0.146. The van der Waals surface area contributed by atoms with Gasteiger partial charge in [0.2, 0.25) is 5.91 Å². The third-order valence-electron chi connectivity index (χ3n) is 4.74. The van der Waals surface area contributed by atoms with E-state index in [2.05, 4.69) is 0 Å². The van der Waals surface area contributed by atoms with Gasteiger partial charge in [0.05, 0.1) is 18.3 Å². The van der Waals surface area contributed by atoms with Crippen molar-refractivity contribution in [3.05, 3.63) is 35.4 Å². The highest BCUT2D eigenvalue weighted by atomic mass is 19.4. The molecule has 3 rings (SSSR count). The van der Waals surface area contributed by atoms with E-state index in [1.54, 1.807) is 11.0 Å². The number of carbonyl (C=O) groups is 1. The summed E-state index contributed by atoms with van der Waals surface area (Å²) >= 11 is 0. The average Bonchev–Trinajstić information content (AvgIpc) is 2.61. The molecule has 1 aromatic carbocycles. The number of hydrogen-bond acceptors (Lipinski definition) is 3. The second-order valence-corrected chi connectivity index (χ2v) is 6.57. The number of nitrogens with zero attached hydrogens (tertiary/aromatic N) is 1. The number of halogens is 3. The van der Waals surface area contributed by atoms with Gasteiger partial charge in [0.1, 0.15) is 0 Å². The van der Waals surface area contributed by atoms with E-state index in [0.29, 0.717) is 44.9 Å². The summed E-state index contributed by atoms with van der Waals surface area (Å²) in [5.74, 6) is 0.0988. The Hall–Kier alpha value is -1.60. The topological polar surface area (TPSA) is 38.8 Å².